The summed E-state index contributed by atoms with van der Waals surface area (Å²) in [5.74, 6) is 1.71. The Hall–Kier alpha value is -3.53. The third kappa shape index (κ3) is 7.13. The number of methoxy groups -OCH3 is 1. The fourth-order valence-electron chi connectivity index (χ4n) is 2.85. The van der Waals surface area contributed by atoms with Crippen molar-refractivity contribution in [1.29, 1.82) is 5.26 Å². The number of hydrazone groups is 1. The highest BCUT2D eigenvalue weighted by Crippen LogP contribution is 2.28. The van der Waals surface area contributed by atoms with Gasteiger partial charge in [0.05, 0.1) is 19.9 Å². The van der Waals surface area contributed by atoms with Gasteiger partial charge in [-0.2, -0.15) is 10.4 Å². The molecular formula is C23H27N3O4. The zero-order valence-corrected chi connectivity index (χ0v) is 17.6. The van der Waals surface area contributed by atoms with Crippen LogP contribution in [0.15, 0.2) is 41.5 Å². The average Bonchev–Trinajstić information content (AvgIpc) is 2.74. The Bertz CT molecular complexity index is 919. The fourth-order valence-corrected chi connectivity index (χ4v) is 2.85. The Morgan fingerprint density at radius 1 is 1.20 bits per heavy atom. The van der Waals surface area contributed by atoms with Crippen LogP contribution in [0.1, 0.15) is 36.5 Å². The number of hydrogen-bond donors (Lipinski definition) is 1. The molecule has 0 aliphatic heterocycles. The molecule has 158 valence electrons. The number of ether oxygens (including phenoxy) is 3. The van der Waals surface area contributed by atoms with Gasteiger partial charge in [0.1, 0.15) is 11.8 Å². The van der Waals surface area contributed by atoms with Crippen molar-refractivity contribution < 1.29 is 19.0 Å². The summed E-state index contributed by atoms with van der Waals surface area (Å²) in [6.45, 7) is 4.31. The average molecular weight is 409 g/mol. The first-order chi connectivity index (χ1) is 14.6. The zero-order valence-electron chi connectivity index (χ0n) is 17.6. The Kier molecular flexibility index (Phi) is 9.19. The summed E-state index contributed by atoms with van der Waals surface area (Å²) in [4.78, 5) is 12.0. The number of nitriles is 1. The number of aryl methyl sites for hydroxylation is 2. The highest BCUT2D eigenvalue weighted by atomic mass is 16.5. The molecule has 0 radical (unpaired) electrons. The van der Waals surface area contributed by atoms with Crippen LogP contribution in [0.3, 0.4) is 0 Å². The van der Waals surface area contributed by atoms with Gasteiger partial charge in [0.2, 0.25) is 5.91 Å². The molecule has 0 saturated carbocycles. The van der Waals surface area contributed by atoms with Gasteiger partial charge in [0.25, 0.3) is 0 Å². The van der Waals surface area contributed by atoms with Gasteiger partial charge in [0, 0.05) is 6.42 Å². The molecule has 0 aromatic heterocycles. The molecule has 2 rings (SSSR count). The van der Waals surface area contributed by atoms with E-state index >= 15 is 0 Å². The molecule has 7 heteroatoms. The van der Waals surface area contributed by atoms with E-state index in [1.54, 1.807) is 31.5 Å². The van der Waals surface area contributed by atoms with Crippen LogP contribution in [0.5, 0.6) is 17.2 Å². The Morgan fingerprint density at radius 3 is 2.73 bits per heavy atom. The van der Waals surface area contributed by atoms with Gasteiger partial charge < -0.3 is 14.2 Å². The van der Waals surface area contributed by atoms with Gasteiger partial charge in [-0.3, -0.25) is 4.79 Å². The molecule has 0 heterocycles. The Balaban J connectivity index is 1.83. The molecule has 0 bridgehead atoms. The van der Waals surface area contributed by atoms with Gasteiger partial charge in [-0.15, -0.1) is 0 Å². The summed E-state index contributed by atoms with van der Waals surface area (Å²) in [5.41, 5.74) is 5.65. The number of nitrogens with one attached hydrogen (secondary N) is 1. The van der Waals surface area contributed by atoms with Crippen molar-refractivity contribution in [2.75, 3.05) is 20.3 Å². The second-order valence-corrected chi connectivity index (χ2v) is 6.53. The lowest BCUT2D eigenvalue weighted by Crippen LogP contribution is -2.17. The van der Waals surface area contributed by atoms with E-state index in [0.29, 0.717) is 24.5 Å². The molecule has 0 unspecified atom stereocenters. The van der Waals surface area contributed by atoms with Crippen LogP contribution in [0, 0.1) is 18.3 Å². The number of carbonyl (C=O) groups is 1. The summed E-state index contributed by atoms with van der Waals surface area (Å²) < 4.78 is 16.1. The first kappa shape index (κ1) is 22.8. The molecule has 2 aromatic rings. The first-order valence-electron chi connectivity index (χ1n) is 9.79. The smallest absolute Gasteiger partial charge is 0.240 e. The molecule has 7 nitrogen and oxygen atoms in total. The van der Waals surface area contributed by atoms with Crippen LogP contribution in [-0.4, -0.2) is 32.4 Å². The third-order valence-corrected chi connectivity index (χ3v) is 4.36. The van der Waals surface area contributed by atoms with Crippen LogP contribution in [0.2, 0.25) is 0 Å². The Morgan fingerprint density at radius 2 is 2.03 bits per heavy atom. The maximum Gasteiger partial charge on any atom is 0.240 e. The molecule has 0 aliphatic rings. The standard InChI is InChI=1S/C23H27N3O4/c1-4-29-22-15-18(8-11-21(22)30-13-12-24)16-25-26-23(27)7-5-6-19-9-10-20(28-3)14-17(19)2/h8-11,14-16H,4-7,13H2,1-3H3,(H,26,27)/b25-16-. The molecular weight excluding hydrogens is 382 g/mol. The maximum absolute atomic E-state index is 12.0. The van der Waals surface area contributed by atoms with Gasteiger partial charge in [0.15, 0.2) is 18.1 Å². The number of amides is 1. The van der Waals surface area contributed by atoms with E-state index in [9.17, 15) is 4.79 Å². The lowest BCUT2D eigenvalue weighted by atomic mass is 10.0. The molecule has 0 aliphatic carbocycles. The van der Waals surface area contributed by atoms with E-state index in [0.717, 1.165) is 29.7 Å². The SMILES string of the molecule is CCOc1cc(/C=N\NC(=O)CCCc2ccc(OC)cc2C)ccc1OCC#N. The fraction of sp³-hybridized carbons (Fsp3) is 0.348. The van der Waals surface area contributed by atoms with Crippen molar-refractivity contribution in [2.45, 2.75) is 33.1 Å². The molecule has 30 heavy (non-hydrogen) atoms. The van der Waals surface area contributed by atoms with E-state index in [1.807, 2.05) is 38.1 Å². The molecule has 1 N–H and O–H groups in total. The number of rotatable bonds is 11. The quantitative estimate of drug-likeness (QED) is 0.450. The van der Waals surface area contributed by atoms with Crippen molar-refractivity contribution in [3.05, 3.63) is 53.1 Å². The molecule has 0 saturated heterocycles. The second kappa shape index (κ2) is 12.1. The summed E-state index contributed by atoms with van der Waals surface area (Å²) in [7, 11) is 1.65. The molecule has 0 atom stereocenters. The van der Waals surface area contributed by atoms with Crippen LogP contribution in [0.4, 0.5) is 0 Å². The van der Waals surface area contributed by atoms with Crippen LogP contribution in [0.25, 0.3) is 0 Å². The topological polar surface area (TPSA) is 92.9 Å². The predicted molar refractivity (Wildman–Crippen MR) is 115 cm³/mol. The highest BCUT2D eigenvalue weighted by Gasteiger charge is 2.06. The number of benzene rings is 2. The predicted octanol–water partition coefficient (Wildman–Crippen LogP) is 3.78. The monoisotopic (exact) mass is 409 g/mol. The van der Waals surface area contributed by atoms with Crippen molar-refractivity contribution in [3.8, 4) is 23.3 Å². The normalized spacial score (nSPS) is 10.5. The number of carbonyl (C=O) groups excluding carboxylic acids is 1. The third-order valence-electron chi connectivity index (χ3n) is 4.36. The van der Waals surface area contributed by atoms with E-state index in [1.165, 1.54) is 5.56 Å². The summed E-state index contributed by atoms with van der Waals surface area (Å²) >= 11 is 0. The lowest BCUT2D eigenvalue weighted by molar-refractivity contribution is -0.121. The lowest BCUT2D eigenvalue weighted by Gasteiger charge is -2.10. The van der Waals surface area contributed by atoms with Gasteiger partial charge in [-0.05, 0) is 73.7 Å². The van der Waals surface area contributed by atoms with Gasteiger partial charge >= 0.3 is 0 Å². The van der Waals surface area contributed by atoms with Gasteiger partial charge in [-0.1, -0.05) is 6.07 Å². The largest absolute Gasteiger partial charge is 0.497 e. The number of nitrogens with zero attached hydrogens (tertiary/aromatic N) is 2. The minimum atomic E-state index is -0.142. The van der Waals surface area contributed by atoms with Crippen molar-refractivity contribution >= 4 is 12.1 Å². The maximum atomic E-state index is 12.0. The highest BCUT2D eigenvalue weighted by molar-refractivity contribution is 5.83. The molecule has 1 amide bonds. The minimum absolute atomic E-state index is 0.0559. The first-order valence-corrected chi connectivity index (χ1v) is 9.79. The molecule has 0 fully saturated rings. The second-order valence-electron chi connectivity index (χ2n) is 6.53. The van der Waals surface area contributed by atoms with Crippen molar-refractivity contribution in [1.82, 2.24) is 5.43 Å². The van der Waals surface area contributed by atoms with Crippen LogP contribution < -0.4 is 19.6 Å². The van der Waals surface area contributed by atoms with E-state index in [-0.39, 0.29) is 12.5 Å². The summed E-state index contributed by atoms with van der Waals surface area (Å²) in [6.07, 6.45) is 3.47. The van der Waals surface area contributed by atoms with Crippen LogP contribution >= 0.6 is 0 Å². The van der Waals surface area contributed by atoms with Crippen LogP contribution in [-0.2, 0) is 11.2 Å². The Labute approximate surface area is 177 Å². The van der Waals surface area contributed by atoms with E-state index in [2.05, 4.69) is 10.5 Å². The van der Waals surface area contributed by atoms with Crippen molar-refractivity contribution in [3.63, 3.8) is 0 Å². The van der Waals surface area contributed by atoms with Crippen molar-refractivity contribution in [2.24, 2.45) is 5.10 Å². The van der Waals surface area contributed by atoms with E-state index in [4.69, 9.17) is 19.5 Å². The summed E-state index contributed by atoms with van der Waals surface area (Å²) in [5, 5.41) is 12.7. The summed E-state index contributed by atoms with van der Waals surface area (Å²) in [6, 6.07) is 13.1. The molecule has 0 spiro atoms. The van der Waals surface area contributed by atoms with Gasteiger partial charge in [-0.25, -0.2) is 5.43 Å². The number of hydrogen-bond acceptors (Lipinski definition) is 6. The minimum Gasteiger partial charge on any atom is -0.497 e. The molecule has 2 aromatic carbocycles. The van der Waals surface area contributed by atoms with E-state index < -0.39 is 0 Å². The zero-order chi connectivity index (χ0) is 21.8.